The van der Waals surface area contributed by atoms with Crippen LogP contribution in [0, 0.1) is 0 Å². The zero-order valence-electron chi connectivity index (χ0n) is 12.8. The van der Waals surface area contributed by atoms with E-state index in [0.29, 0.717) is 16.1 Å². The van der Waals surface area contributed by atoms with Crippen LogP contribution in [0.15, 0.2) is 53.5 Å². The van der Waals surface area contributed by atoms with Crippen LogP contribution in [0.4, 0.5) is 0 Å². The molecule has 3 rings (SSSR count). The first kappa shape index (κ1) is 17.3. The van der Waals surface area contributed by atoms with Crippen molar-refractivity contribution in [3.05, 3.63) is 63.9 Å². The highest BCUT2D eigenvalue weighted by Crippen LogP contribution is 2.21. The number of aliphatic carboxylic acids is 1. The highest BCUT2D eigenvalue weighted by atomic mass is 35.5. The number of aromatic nitrogens is 1. The van der Waals surface area contributed by atoms with Crippen LogP contribution in [0.3, 0.4) is 0 Å². The van der Waals surface area contributed by atoms with Gasteiger partial charge < -0.3 is 10.2 Å². The van der Waals surface area contributed by atoms with Crippen molar-refractivity contribution in [3.8, 4) is 0 Å². The van der Waals surface area contributed by atoms with Crippen LogP contribution in [-0.2, 0) is 4.79 Å². The highest BCUT2D eigenvalue weighted by Gasteiger charge is 2.23. The summed E-state index contributed by atoms with van der Waals surface area (Å²) in [6, 6.07) is 12.2. The Morgan fingerprint density at radius 1 is 1.20 bits per heavy atom. The van der Waals surface area contributed by atoms with Gasteiger partial charge >= 0.3 is 5.97 Å². The Labute approximate surface area is 151 Å². The summed E-state index contributed by atoms with van der Waals surface area (Å²) in [5.41, 5.74) is 0.888. The summed E-state index contributed by atoms with van der Waals surface area (Å²) in [5, 5.41) is 19.3. The molecule has 0 fully saturated rings. The Morgan fingerprint density at radius 3 is 2.64 bits per heavy atom. The van der Waals surface area contributed by atoms with Crippen LogP contribution in [0.5, 0.6) is 0 Å². The van der Waals surface area contributed by atoms with Crippen molar-refractivity contribution >= 4 is 45.0 Å². The van der Waals surface area contributed by atoms with E-state index in [0.717, 1.165) is 4.70 Å². The monoisotopic (exact) mass is 376 g/mol. The summed E-state index contributed by atoms with van der Waals surface area (Å²) in [5.74, 6) is -1.74. The quantitative estimate of drug-likeness (QED) is 0.732. The molecule has 0 saturated heterocycles. The Hall–Kier alpha value is -2.48. The van der Waals surface area contributed by atoms with Gasteiger partial charge in [-0.25, -0.2) is 4.79 Å². The maximum Gasteiger partial charge on any atom is 0.329 e. The topological polar surface area (TPSA) is 91.9 Å². The highest BCUT2D eigenvalue weighted by molar-refractivity contribution is 7.16. The molecule has 8 heteroatoms. The van der Waals surface area contributed by atoms with Gasteiger partial charge in [0.2, 0.25) is 0 Å². The molecule has 0 bridgehead atoms. The lowest BCUT2D eigenvalue weighted by atomic mass is 10.2. The molecule has 0 radical (unpaired) electrons. The van der Waals surface area contributed by atoms with Crippen LogP contribution in [-0.4, -0.2) is 33.3 Å². The van der Waals surface area contributed by atoms with Gasteiger partial charge in [-0.2, -0.15) is 4.99 Å². The third kappa shape index (κ3) is 3.48. The molecule has 1 amide bonds. The number of aliphatic hydroxyl groups excluding tert-OH is 1. The number of hydrogen-bond donors (Lipinski definition) is 2. The fourth-order valence-electron chi connectivity index (χ4n) is 2.41. The average molecular weight is 377 g/mol. The van der Waals surface area contributed by atoms with Crippen molar-refractivity contribution in [1.82, 2.24) is 4.57 Å². The number of benzene rings is 2. The number of carboxylic acid groups (broad SMARTS) is 1. The molecule has 2 aromatic carbocycles. The number of para-hydroxylation sites is 1. The van der Waals surface area contributed by atoms with E-state index in [1.165, 1.54) is 22.0 Å². The molecule has 0 saturated carbocycles. The van der Waals surface area contributed by atoms with Crippen LogP contribution in [0.25, 0.3) is 10.2 Å². The number of nitrogens with zero attached hydrogens (tertiary/aromatic N) is 2. The van der Waals surface area contributed by atoms with E-state index in [2.05, 4.69) is 4.99 Å². The second kappa shape index (κ2) is 7.18. The number of hydrogen-bond acceptors (Lipinski definition) is 4. The molecule has 2 N–H and O–H groups in total. The normalized spacial score (nSPS) is 13.1. The fraction of sp³-hybridized carbons (Fsp3) is 0.118. The third-order valence-corrected chi connectivity index (χ3v) is 4.84. The summed E-state index contributed by atoms with van der Waals surface area (Å²) >= 11 is 7.07. The van der Waals surface area contributed by atoms with Crippen LogP contribution in [0.2, 0.25) is 5.02 Å². The molecule has 0 aliphatic carbocycles. The molecule has 1 unspecified atom stereocenters. The van der Waals surface area contributed by atoms with E-state index < -0.39 is 24.5 Å². The van der Waals surface area contributed by atoms with Gasteiger partial charge in [0.15, 0.2) is 10.8 Å². The third-order valence-electron chi connectivity index (χ3n) is 3.57. The lowest BCUT2D eigenvalue weighted by Crippen LogP contribution is -2.30. The molecular formula is C17H13ClN2O4S. The largest absolute Gasteiger partial charge is 0.480 e. The Balaban J connectivity index is 2.21. The zero-order chi connectivity index (χ0) is 18.0. The van der Waals surface area contributed by atoms with Crippen LogP contribution < -0.4 is 4.80 Å². The van der Waals surface area contributed by atoms with Gasteiger partial charge in [-0.3, -0.25) is 9.36 Å². The maximum absolute atomic E-state index is 12.4. The van der Waals surface area contributed by atoms with E-state index in [4.69, 9.17) is 11.6 Å². The van der Waals surface area contributed by atoms with Crippen molar-refractivity contribution in [2.75, 3.05) is 6.61 Å². The number of halogens is 1. The fourth-order valence-corrected chi connectivity index (χ4v) is 3.67. The predicted molar refractivity (Wildman–Crippen MR) is 94.9 cm³/mol. The number of thiazole rings is 1. The Morgan fingerprint density at radius 2 is 1.96 bits per heavy atom. The average Bonchev–Trinajstić information content (AvgIpc) is 2.93. The van der Waals surface area contributed by atoms with E-state index in [1.54, 1.807) is 42.5 Å². The molecule has 3 aromatic rings. The van der Waals surface area contributed by atoms with E-state index >= 15 is 0 Å². The van der Waals surface area contributed by atoms with Crippen molar-refractivity contribution in [1.29, 1.82) is 0 Å². The van der Waals surface area contributed by atoms with Gasteiger partial charge in [0.05, 0.1) is 16.8 Å². The molecule has 1 atom stereocenters. The molecule has 6 nitrogen and oxygen atoms in total. The van der Waals surface area contributed by atoms with Crippen molar-refractivity contribution in [2.45, 2.75) is 6.04 Å². The van der Waals surface area contributed by atoms with Gasteiger partial charge in [0.25, 0.3) is 5.91 Å². The number of fused-ring (bicyclic) bond motifs is 1. The van der Waals surface area contributed by atoms with Crippen molar-refractivity contribution in [3.63, 3.8) is 0 Å². The molecule has 0 aliphatic rings. The summed E-state index contributed by atoms with van der Waals surface area (Å²) in [6.07, 6.45) is 0. The van der Waals surface area contributed by atoms with Crippen LogP contribution in [0.1, 0.15) is 16.4 Å². The standard InChI is InChI=1S/C17H13ClN2O4S/c18-11-5-3-4-10(8-11)15(22)19-17-20(13(9-21)16(23)24)12-6-1-2-7-14(12)25-17/h1-8,13,21H,9H2,(H,23,24)/b19-17-. The minimum Gasteiger partial charge on any atom is -0.480 e. The summed E-state index contributed by atoms with van der Waals surface area (Å²) in [7, 11) is 0. The summed E-state index contributed by atoms with van der Waals surface area (Å²) in [6.45, 7) is -0.616. The second-order valence-electron chi connectivity index (χ2n) is 5.19. The summed E-state index contributed by atoms with van der Waals surface area (Å²) < 4.78 is 2.13. The number of rotatable bonds is 4. The number of carboxylic acids is 1. The molecule has 0 aliphatic heterocycles. The van der Waals surface area contributed by atoms with Gasteiger partial charge in [0.1, 0.15) is 0 Å². The minimum absolute atomic E-state index is 0.202. The van der Waals surface area contributed by atoms with E-state index in [9.17, 15) is 19.8 Å². The lowest BCUT2D eigenvalue weighted by Gasteiger charge is -2.12. The number of aliphatic hydroxyl groups is 1. The van der Waals surface area contributed by atoms with Crippen LogP contribution >= 0.6 is 22.9 Å². The molecule has 25 heavy (non-hydrogen) atoms. The summed E-state index contributed by atoms with van der Waals surface area (Å²) in [4.78, 5) is 28.2. The first-order valence-corrected chi connectivity index (χ1v) is 8.49. The van der Waals surface area contributed by atoms with E-state index in [1.807, 2.05) is 0 Å². The predicted octanol–water partition coefficient (Wildman–Crippen LogP) is 2.72. The van der Waals surface area contributed by atoms with Gasteiger partial charge in [0, 0.05) is 10.6 Å². The molecule has 1 aromatic heterocycles. The smallest absolute Gasteiger partial charge is 0.329 e. The number of amides is 1. The Kier molecular flexibility index (Phi) is 4.98. The maximum atomic E-state index is 12.4. The first-order chi connectivity index (χ1) is 12.0. The minimum atomic E-state index is -1.23. The Bertz CT molecular complexity index is 1020. The van der Waals surface area contributed by atoms with Crippen molar-refractivity contribution < 1.29 is 19.8 Å². The second-order valence-corrected chi connectivity index (χ2v) is 6.63. The first-order valence-electron chi connectivity index (χ1n) is 7.29. The lowest BCUT2D eigenvalue weighted by molar-refractivity contribution is -0.142. The number of carbonyl (C=O) groups excluding carboxylic acids is 1. The SMILES string of the molecule is O=C(/N=c1\sc2ccccc2n1C(CO)C(=O)O)c1cccc(Cl)c1. The van der Waals surface area contributed by atoms with Crippen molar-refractivity contribution in [2.24, 2.45) is 4.99 Å². The zero-order valence-corrected chi connectivity index (χ0v) is 14.4. The molecule has 128 valence electrons. The van der Waals surface area contributed by atoms with Gasteiger partial charge in [-0.15, -0.1) is 0 Å². The van der Waals surface area contributed by atoms with Gasteiger partial charge in [-0.1, -0.05) is 41.1 Å². The van der Waals surface area contributed by atoms with Gasteiger partial charge in [-0.05, 0) is 30.3 Å². The van der Waals surface area contributed by atoms with E-state index in [-0.39, 0.29) is 4.80 Å². The molecular weight excluding hydrogens is 364 g/mol. The molecule has 0 spiro atoms. The molecule has 1 heterocycles. The number of carbonyl (C=O) groups is 2.